The number of aryl methyl sites for hydroxylation is 1. The van der Waals surface area contributed by atoms with Gasteiger partial charge in [0.15, 0.2) is 0 Å². The van der Waals surface area contributed by atoms with Gasteiger partial charge in [-0.3, -0.25) is 0 Å². The van der Waals surface area contributed by atoms with Crippen LogP contribution in [0.25, 0.3) is 5.70 Å². The molecule has 39 heavy (non-hydrogen) atoms. The Morgan fingerprint density at radius 2 is 1.87 bits per heavy atom. The number of benzene rings is 2. The zero-order valence-electron chi connectivity index (χ0n) is 23.5. The van der Waals surface area contributed by atoms with E-state index in [1.54, 1.807) is 0 Å². The molecule has 2 bridgehead atoms. The van der Waals surface area contributed by atoms with Gasteiger partial charge in [0.05, 0.1) is 17.5 Å². The van der Waals surface area contributed by atoms with Crippen LogP contribution in [-0.4, -0.2) is 29.2 Å². The Bertz CT molecular complexity index is 1260. The second-order valence-corrected chi connectivity index (χ2v) is 14.7. The van der Waals surface area contributed by atoms with E-state index in [2.05, 4.69) is 66.4 Å². The summed E-state index contributed by atoms with van der Waals surface area (Å²) in [4.78, 5) is 2.63. The molecule has 0 aromatic heterocycles. The van der Waals surface area contributed by atoms with Crippen molar-refractivity contribution in [2.24, 2.45) is 17.8 Å². The molecule has 2 aromatic carbocycles. The summed E-state index contributed by atoms with van der Waals surface area (Å²) in [6.45, 7) is 11.3. The fourth-order valence-electron chi connectivity index (χ4n) is 7.44. The largest absolute Gasteiger partial charge is 0.490 e. The number of halogens is 1. The molecule has 2 aliphatic carbocycles. The first kappa shape index (κ1) is 27.2. The summed E-state index contributed by atoms with van der Waals surface area (Å²) < 4.78 is 23.1. The number of hydrogen-bond donors (Lipinski definition) is 1. The van der Waals surface area contributed by atoms with Crippen LogP contribution >= 0.6 is 11.6 Å². The molecule has 5 unspecified atom stereocenters. The van der Waals surface area contributed by atoms with Gasteiger partial charge in [-0.05, 0) is 105 Å². The summed E-state index contributed by atoms with van der Waals surface area (Å²) >= 11 is 6.43. The van der Waals surface area contributed by atoms with Gasteiger partial charge < -0.3 is 14.4 Å². The molecule has 4 aliphatic rings. The molecule has 1 fully saturated rings. The average molecular weight is 567 g/mol. The van der Waals surface area contributed by atoms with Gasteiger partial charge in [0.2, 0.25) is 0 Å². The summed E-state index contributed by atoms with van der Waals surface area (Å²) in [7, 11) is -1.18. The summed E-state index contributed by atoms with van der Waals surface area (Å²) in [5.74, 6) is 2.89. The Balaban J connectivity index is 1.38. The highest BCUT2D eigenvalue weighted by atomic mass is 35.5. The molecule has 1 spiro atoms. The van der Waals surface area contributed by atoms with Gasteiger partial charge in [-0.1, -0.05) is 50.4 Å². The Hall–Kier alpha value is -1.98. The van der Waals surface area contributed by atoms with Crippen molar-refractivity contribution < 1.29 is 8.95 Å². The van der Waals surface area contributed by atoms with Crippen molar-refractivity contribution in [1.29, 1.82) is 0 Å². The molecule has 0 amide bonds. The molecular formula is C33H43ClN2O2S. The average Bonchev–Trinajstić information content (AvgIpc) is 3.06. The minimum Gasteiger partial charge on any atom is -0.490 e. The minimum atomic E-state index is -1.18. The number of rotatable bonds is 0. The lowest BCUT2D eigenvalue weighted by Crippen LogP contribution is -2.48. The molecule has 2 aromatic rings. The van der Waals surface area contributed by atoms with Gasteiger partial charge in [-0.2, -0.15) is 0 Å². The van der Waals surface area contributed by atoms with Crippen molar-refractivity contribution in [2.45, 2.75) is 82.3 Å². The third-order valence-electron chi connectivity index (χ3n) is 10.3. The van der Waals surface area contributed by atoms with Gasteiger partial charge in [0, 0.05) is 34.8 Å². The summed E-state index contributed by atoms with van der Waals surface area (Å²) in [5, 5.41) is 0.897. The zero-order chi connectivity index (χ0) is 27.1. The van der Waals surface area contributed by atoms with Crippen molar-refractivity contribution in [3.63, 3.8) is 0 Å². The predicted molar refractivity (Wildman–Crippen MR) is 164 cm³/mol. The Kier molecular flexibility index (Phi) is 7.76. The first-order valence-corrected chi connectivity index (χ1v) is 16.6. The third-order valence-corrected chi connectivity index (χ3v) is 12.1. The molecule has 2 heterocycles. The van der Waals surface area contributed by atoms with E-state index in [1.807, 2.05) is 0 Å². The molecule has 2 aliphatic heterocycles. The van der Waals surface area contributed by atoms with Crippen LogP contribution in [0, 0.1) is 17.8 Å². The molecule has 4 nitrogen and oxygen atoms in total. The molecule has 210 valence electrons. The van der Waals surface area contributed by atoms with Crippen LogP contribution in [0.1, 0.15) is 81.9 Å². The Labute approximate surface area is 242 Å². The summed E-state index contributed by atoms with van der Waals surface area (Å²) in [5.41, 5.74) is 5.59. The molecule has 0 radical (unpaired) electrons. The minimum absolute atomic E-state index is 0.0558. The molecule has 6 heteroatoms. The zero-order valence-corrected chi connectivity index (χ0v) is 25.1. The molecule has 1 saturated carbocycles. The van der Waals surface area contributed by atoms with Crippen LogP contribution in [0.3, 0.4) is 0 Å². The maximum atomic E-state index is 13.2. The van der Waals surface area contributed by atoms with Crippen molar-refractivity contribution in [3.8, 4) is 5.75 Å². The van der Waals surface area contributed by atoms with E-state index >= 15 is 0 Å². The van der Waals surface area contributed by atoms with Crippen LogP contribution in [0.15, 0.2) is 43.0 Å². The van der Waals surface area contributed by atoms with Crippen molar-refractivity contribution in [1.82, 2.24) is 4.72 Å². The number of ether oxygens (including phenoxy) is 1. The van der Waals surface area contributed by atoms with Gasteiger partial charge in [0.1, 0.15) is 16.7 Å². The van der Waals surface area contributed by atoms with E-state index in [0.29, 0.717) is 12.5 Å². The normalized spacial score (nSPS) is 33.2. The van der Waals surface area contributed by atoms with Gasteiger partial charge >= 0.3 is 0 Å². The van der Waals surface area contributed by atoms with E-state index in [9.17, 15) is 4.21 Å². The lowest BCUT2D eigenvalue weighted by Gasteiger charge is -2.44. The Morgan fingerprint density at radius 1 is 1.05 bits per heavy atom. The highest BCUT2D eigenvalue weighted by Crippen LogP contribution is 2.47. The fraction of sp³-hybridized carbons (Fsp3) is 0.576. The summed E-state index contributed by atoms with van der Waals surface area (Å²) in [6, 6.07) is 12.9. The smallest absolute Gasteiger partial charge is 0.142 e. The molecule has 0 saturated heterocycles. The van der Waals surface area contributed by atoms with E-state index in [4.69, 9.17) is 16.3 Å². The van der Waals surface area contributed by atoms with E-state index in [0.717, 1.165) is 78.3 Å². The second kappa shape index (κ2) is 11.1. The first-order chi connectivity index (χ1) is 18.8. The van der Waals surface area contributed by atoms with Crippen LogP contribution < -0.4 is 14.4 Å². The standard InChI is InChI=1S/C33H43ClN2O2S/c1-22-7-4-5-8-25-10-11-28(25)19-36-20-33(16-6-9-27-17-29(34)13-14-30(27)33)21-38-32-15-12-26(18-31(32)36)23(2)35-39(37)24(22)3/h12-15,17-18,22,24-25,28,35H,2,4-11,16,19-21H2,1,3H3/t22?,24?,25?,28?,33-,39?/m0/s1. The summed E-state index contributed by atoms with van der Waals surface area (Å²) in [6.07, 6.45) is 11.0. The number of hydrogen-bond acceptors (Lipinski definition) is 3. The number of anilines is 1. The number of nitrogens with one attached hydrogen (secondary N) is 1. The van der Waals surface area contributed by atoms with Gasteiger partial charge in [0.25, 0.3) is 0 Å². The third kappa shape index (κ3) is 5.38. The van der Waals surface area contributed by atoms with E-state index in [-0.39, 0.29) is 10.7 Å². The highest BCUT2D eigenvalue weighted by molar-refractivity contribution is 7.84. The van der Waals surface area contributed by atoms with Crippen LogP contribution in [0.4, 0.5) is 5.69 Å². The quantitative estimate of drug-likeness (QED) is 0.356. The molecule has 6 rings (SSSR count). The first-order valence-electron chi connectivity index (χ1n) is 15.0. The SMILES string of the molecule is C=C1NS(=O)C(C)C(C)CCCCC2CCC2CN2C[C@@]3(CCCc4cc(Cl)ccc43)COc3ccc1cc32. The van der Waals surface area contributed by atoms with Crippen molar-refractivity contribution in [2.75, 3.05) is 24.6 Å². The topological polar surface area (TPSA) is 41.6 Å². The monoisotopic (exact) mass is 566 g/mol. The lowest BCUT2D eigenvalue weighted by atomic mass is 9.68. The van der Waals surface area contributed by atoms with Crippen LogP contribution in [-0.2, 0) is 22.8 Å². The van der Waals surface area contributed by atoms with Crippen molar-refractivity contribution in [3.05, 3.63) is 64.7 Å². The van der Waals surface area contributed by atoms with Gasteiger partial charge in [-0.15, -0.1) is 0 Å². The Morgan fingerprint density at radius 3 is 2.69 bits per heavy atom. The lowest BCUT2D eigenvalue weighted by molar-refractivity contribution is 0.158. The van der Waals surface area contributed by atoms with E-state index in [1.165, 1.54) is 43.2 Å². The van der Waals surface area contributed by atoms with Crippen molar-refractivity contribution >= 4 is 34.0 Å². The molecule has 6 atom stereocenters. The second-order valence-electron chi connectivity index (χ2n) is 12.7. The predicted octanol–water partition coefficient (Wildman–Crippen LogP) is 7.66. The maximum Gasteiger partial charge on any atom is 0.142 e. The maximum absolute atomic E-state index is 13.2. The molecular weight excluding hydrogens is 524 g/mol. The molecule has 1 N–H and O–H groups in total. The van der Waals surface area contributed by atoms with Crippen LogP contribution in [0.5, 0.6) is 5.75 Å². The number of fused-ring (bicyclic) bond motifs is 4. The van der Waals surface area contributed by atoms with Crippen LogP contribution in [0.2, 0.25) is 5.02 Å². The number of nitrogens with zero attached hydrogens (tertiary/aromatic N) is 1. The fourth-order valence-corrected chi connectivity index (χ4v) is 8.73. The highest BCUT2D eigenvalue weighted by Gasteiger charge is 2.43. The van der Waals surface area contributed by atoms with Gasteiger partial charge in [-0.25, -0.2) is 4.21 Å². The van der Waals surface area contributed by atoms with E-state index < -0.39 is 11.0 Å².